The lowest BCUT2D eigenvalue weighted by Gasteiger charge is -2.58. The molecule has 43 heavy (non-hydrogen) atoms. The Morgan fingerprint density at radius 1 is 0.907 bits per heavy atom. The fraction of sp³-hybridized carbons (Fsp3) is 0.824. The first-order chi connectivity index (χ1) is 20.3. The highest BCUT2D eigenvalue weighted by atomic mass is 16.6. The molecule has 0 heterocycles. The predicted molar refractivity (Wildman–Crippen MR) is 165 cm³/mol. The zero-order valence-corrected chi connectivity index (χ0v) is 27.0. The number of ether oxygens (including phenoxy) is 1. The number of carboxylic acid groups (broad SMARTS) is 1. The predicted octanol–water partition coefficient (Wildman–Crippen LogP) is 5.44. The number of carbonyl (C=O) groups is 4. The molecule has 3 amide bonds. The molecule has 0 bridgehead atoms. The minimum absolute atomic E-state index is 0.169. The third-order valence-corrected chi connectivity index (χ3v) is 11.8. The maximum absolute atomic E-state index is 12.5. The lowest BCUT2D eigenvalue weighted by Crippen LogP contribution is -2.51. The second-order valence-corrected chi connectivity index (χ2v) is 14.9. The van der Waals surface area contributed by atoms with Gasteiger partial charge in [0.05, 0.1) is 6.54 Å². The second-order valence-electron chi connectivity index (χ2n) is 14.9. The third kappa shape index (κ3) is 7.75. The van der Waals surface area contributed by atoms with Crippen molar-refractivity contribution in [2.75, 3.05) is 19.6 Å². The van der Waals surface area contributed by atoms with Crippen molar-refractivity contribution in [3.05, 3.63) is 11.6 Å². The van der Waals surface area contributed by atoms with Crippen molar-refractivity contribution in [2.24, 2.45) is 46.3 Å². The van der Waals surface area contributed by atoms with Crippen LogP contribution in [0.4, 0.5) is 4.79 Å². The highest BCUT2D eigenvalue weighted by Crippen LogP contribution is 2.67. The van der Waals surface area contributed by atoms with Crippen LogP contribution in [0, 0.1) is 46.3 Å². The van der Waals surface area contributed by atoms with Gasteiger partial charge in [0.25, 0.3) is 0 Å². The van der Waals surface area contributed by atoms with Gasteiger partial charge in [-0.2, -0.15) is 0 Å². The summed E-state index contributed by atoms with van der Waals surface area (Å²) < 4.78 is 5.72. The van der Waals surface area contributed by atoms with Crippen LogP contribution < -0.4 is 16.0 Å². The molecule has 8 atom stereocenters. The number of nitrogens with one attached hydrogen (secondary N) is 3. The Morgan fingerprint density at radius 2 is 1.60 bits per heavy atom. The number of fused-ring (bicyclic) bond motifs is 5. The monoisotopic (exact) mass is 601 g/mol. The summed E-state index contributed by atoms with van der Waals surface area (Å²) in [5.41, 5.74) is 2.08. The summed E-state index contributed by atoms with van der Waals surface area (Å²) in [7, 11) is 0. The zero-order valence-electron chi connectivity index (χ0n) is 27.0. The fourth-order valence-corrected chi connectivity index (χ4v) is 9.58. The van der Waals surface area contributed by atoms with E-state index in [0.29, 0.717) is 11.3 Å². The highest BCUT2D eigenvalue weighted by Gasteiger charge is 2.59. The molecule has 0 spiro atoms. The van der Waals surface area contributed by atoms with Gasteiger partial charge in [0.15, 0.2) is 0 Å². The first-order valence-corrected chi connectivity index (χ1v) is 16.7. The lowest BCUT2D eigenvalue weighted by molar-refractivity contribution is -0.137. The maximum Gasteiger partial charge on any atom is 0.407 e. The van der Waals surface area contributed by atoms with E-state index in [9.17, 15) is 19.2 Å². The average molecular weight is 602 g/mol. The smallest absolute Gasteiger partial charge is 0.407 e. The van der Waals surface area contributed by atoms with Gasteiger partial charge in [0, 0.05) is 6.42 Å². The molecule has 0 aliphatic heterocycles. The number of carbonyl (C=O) groups excluding carboxylic acids is 3. The SMILES string of the molecule is CC(C)CCC[C@@H](C)[C@H]1CCC2C3CC=C4CC(OC(=O)NCC(=O)NCC(=O)NCC(=O)O)CC[C@]4(C)C3CC[C@@]21C. The Labute approximate surface area is 257 Å². The number of rotatable bonds is 12. The van der Waals surface area contributed by atoms with Crippen LogP contribution in [0.2, 0.25) is 0 Å². The van der Waals surface area contributed by atoms with Crippen LogP contribution in [0.15, 0.2) is 11.6 Å². The van der Waals surface area contributed by atoms with Crippen molar-refractivity contribution in [3.8, 4) is 0 Å². The van der Waals surface area contributed by atoms with Gasteiger partial charge in [-0.25, -0.2) is 4.79 Å². The molecule has 9 nitrogen and oxygen atoms in total. The number of aliphatic carboxylic acids is 1. The minimum Gasteiger partial charge on any atom is -0.480 e. The molecule has 3 fully saturated rings. The van der Waals surface area contributed by atoms with Crippen molar-refractivity contribution >= 4 is 23.9 Å². The Bertz CT molecular complexity index is 1070. The lowest BCUT2D eigenvalue weighted by atomic mass is 9.47. The topological polar surface area (TPSA) is 134 Å². The van der Waals surface area contributed by atoms with Crippen molar-refractivity contribution in [2.45, 2.75) is 111 Å². The van der Waals surface area contributed by atoms with E-state index in [1.54, 1.807) is 0 Å². The van der Waals surface area contributed by atoms with Crippen molar-refractivity contribution in [1.82, 2.24) is 16.0 Å². The summed E-state index contributed by atoms with van der Waals surface area (Å²) in [4.78, 5) is 46.5. The van der Waals surface area contributed by atoms with Crippen LogP contribution in [0.3, 0.4) is 0 Å². The second kappa shape index (κ2) is 14.0. The maximum atomic E-state index is 12.5. The van der Waals surface area contributed by atoms with E-state index >= 15 is 0 Å². The third-order valence-electron chi connectivity index (χ3n) is 11.8. The summed E-state index contributed by atoms with van der Waals surface area (Å²) in [5.74, 6) is 2.38. The van der Waals surface area contributed by atoms with Gasteiger partial charge in [-0.05, 0) is 91.3 Å². The minimum atomic E-state index is -1.17. The van der Waals surface area contributed by atoms with Gasteiger partial charge in [0.2, 0.25) is 11.8 Å². The summed E-state index contributed by atoms with van der Waals surface area (Å²) in [6.45, 7) is 11.1. The molecule has 4 N–H and O–H groups in total. The van der Waals surface area contributed by atoms with Crippen LogP contribution in [-0.4, -0.2) is 54.7 Å². The molecule has 9 heteroatoms. The molecular formula is C34H55N3O6. The zero-order chi connectivity index (χ0) is 31.4. The molecule has 0 aromatic carbocycles. The van der Waals surface area contributed by atoms with Gasteiger partial charge >= 0.3 is 12.1 Å². The number of hydrogen-bond donors (Lipinski definition) is 4. The molecule has 242 valence electrons. The number of hydrogen-bond acceptors (Lipinski definition) is 5. The molecule has 4 aliphatic carbocycles. The summed E-state index contributed by atoms with van der Waals surface area (Å²) in [5, 5.41) is 15.6. The normalized spacial score (nSPS) is 33.7. The largest absolute Gasteiger partial charge is 0.480 e. The number of allylic oxidation sites excluding steroid dienone is 1. The number of carboxylic acids is 1. The summed E-state index contributed by atoms with van der Waals surface area (Å²) >= 11 is 0. The van der Waals surface area contributed by atoms with E-state index < -0.39 is 30.4 Å². The highest BCUT2D eigenvalue weighted by molar-refractivity contribution is 5.88. The van der Waals surface area contributed by atoms with Crippen molar-refractivity contribution in [1.29, 1.82) is 0 Å². The first-order valence-electron chi connectivity index (χ1n) is 16.7. The van der Waals surface area contributed by atoms with E-state index in [1.807, 2.05) is 0 Å². The fourth-order valence-electron chi connectivity index (χ4n) is 9.58. The average Bonchev–Trinajstić information content (AvgIpc) is 3.31. The molecule has 4 aliphatic rings. The molecule has 0 aromatic heterocycles. The molecule has 3 saturated carbocycles. The molecular weight excluding hydrogens is 546 g/mol. The molecule has 4 unspecified atom stereocenters. The van der Waals surface area contributed by atoms with Gasteiger partial charge in [-0.1, -0.05) is 65.5 Å². The van der Waals surface area contributed by atoms with E-state index in [-0.39, 0.29) is 24.6 Å². The van der Waals surface area contributed by atoms with Gasteiger partial charge < -0.3 is 25.8 Å². The Morgan fingerprint density at radius 3 is 2.30 bits per heavy atom. The molecule has 0 aromatic rings. The van der Waals surface area contributed by atoms with Gasteiger partial charge in [-0.15, -0.1) is 0 Å². The summed E-state index contributed by atoms with van der Waals surface area (Å²) in [6, 6.07) is 0. The van der Waals surface area contributed by atoms with Gasteiger partial charge in [0.1, 0.15) is 19.2 Å². The van der Waals surface area contributed by atoms with Crippen LogP contribution >= 0.6 is 0 Å². The van der Waals surface area contributed by atoms with Crippen molar-refractivity contribution < 1.29 is 29.0 Å². The molecule has 4 rings (SSSR count). The van der Waals surface area contributed by atoms with E-state index in [0.717, 1.165) is 55.3 Å². The number of alkyl carbamates (subject to hydrolysis) is 1. The molecule has 0 radical (unpaired) electrons. The quantitative estimate of drug-likeness (QED) is 0.220. The van der Waals surface area contributed by atoms with E-state index in [4.69, 9.17) is 9.84 Å². The van der Waals surface area contributed by atoms with Gasteiger partial charge in [-0.3, -0.25) is 14.4 Å². The van der Waals surface area contributed by atoms with E-state index in [1.165, 1.54) is 50.5 Å². The van der Waals surface area contributed by atoms with Crippen LogP contribution in [0.1, 0.15) is 105 Å². The van der Waals surface area contributed by atoms with E-state index in [2.05, 4.69) is 56.6 Å². The summed E-state index contributed by atoms with van der Waals surface area (Å²) in [6.07, 6.45) is 14.8. The Kier molecular flexibility index (Phi) is 10.9. The Hall–Kier alpha value is -2.58. The van der Waals surface area contributed by atoms with Crippen LogP contribution in [-0.2, 0) is 19.1 Å². The molecule has 0 saturated heterocycles. The van der Waals surface area contributed by atoms with Crippen molar-refractivity contribution in [3.63, 3.8) is 0 Å². The van der Waals surface area contributed by atoms with Crippen LogP contribution in [0.5, 0.6) is 0 Å². The standard InChI is InChI=1S/C34H55N3O6/c1-21(2)7-6-8-22(3)26-11-12-27-25-10-9-23-17-24(13-15-33(23,4)28(25)14-16-34(26,27)5)43-32(42)37-19-30(39)35-18-29(38)36-20-31(40)41/h9,21-22,24-28H,6-8,10-20H2,1-5H3,(H,35,39)(H,36,38)(H,37,42)(H,40,41)/t22-,24?,25?,26-,27?,28?,33+,34-/m1/s1. The Balaban J connectivity index is 1.26. The van der Waals surface area contributed by atoms with Crippen LogP contribution in [0.25, 0.3) is 0 Å². The number of amides is 3. The first kappa shape index (κ1) is 33.3.